The van der Waals surface area contributed by atoms with Crippen molar-refractivity contribution in [3.8, 4) is 0 Å². The number of methoxy groups -OCH3 is 1. The van der Waals surface area contributed by atoms with Gasteiger partial charge in [0.1, 0.15) is 0 Å². The summed E-state index contributed by atoms with van der Waals surface area (Å²) in [4.78, 5) is 28.6. The molecule has 0 bridgehead atoms. The van der Waals surface area contributed by atoms with Gasteiger partial charge in [0, 0.05) is 26.2 Å². The Labute approximate surface area is 156 Å². The second kappa shape index (κ2) is 10.8. The summed E-state index contributed by atoms with van der Waals surface area (Å²) in [5.74, 6) is 4.76. The predicted octanol–water partition coefficient (Wildman–Crippen LogP) is 2.08. The zero-order valence-corrected chi connectivity index (χ0v) is 16.1. The average molecular weight is 370 g/mol. The maximum atomic E-state index is 12.4. The molecule has 0 aliphatic heterocycles. The van der Waals surface area contributed by atoms with E-state index in [9.17, 15) is 9.59 Å². The van der Waals surface area contributed by atoms with Crippen LogP contribution in [-0.2, 0) is 23.9 Å². The summed E-state index contributed by atoms with van der Waals surface area (Å²) in [6.07, 6.45) is 8.05. The zero-order valence-electron chi connectivity index (χ0n) is 16.1. The number of ether oxygens (including phenoxy) is 2. The molecule has 26 heavy (non-hydrogen) atoms. The fourth-order valence-corrected chi connectivity index (χ4v) is 4.39. The molecule has 2 aliphatic carbocycles. The van der Waals surface area contributed by atoms with Crippen molar-refractivity contribution in [2.24, 2.45) is 17.7 Å². The Kier molecular flexibility index (Phi) is 8.81. The number of hydrogen-bond donors (Lipinski definition) is 2. The normalized spacial score (nSPS) is 32.0. The Morgan fingerprint density at radius 1 is 1.12 bits per heavy atom. The summed E-state index contributed by atoms with van der Waals surface area (Å²) in [5.41, 5.74) is 0. The third kappa shape index (κ3) is 5.93. The molecule has 0 aromatic carbocycles. The first-order valence-corrected chi connectivity index (χ1v) is 9.93. The Balaban J connectivity index is 1.76. The molecule has 0 aromatic rings. The van der Waals surface area contributed by atoms with Gasteiger partial charge >= 0.3 is 5.97 Å². The summed E-state index contributed by atoms with van der Waals surface area (Å²) in [7, 11) is 1.73. The lowest BCUT2D eigenvalue weighted by Gasteiger charge is -2.35. The lowest BCUT2D eigenvalue weighted by Crippen LogP contribution is -2.46. The van der Waals surface area contributed by atoms with Gasteiger partial charge in [0.15, 0.2) is 0 Å². The molecule has 2 fully saturated rings. The third-order valence-corrected chi connectivity index (χ3v) is 5.83. The standard InChI is InChI=1S/C19H34N2O5/c1-3-25-16-10-8-13(12-17(16)24-2)9-11-18(22)21-15-7-5-4-6-14(15)19(23)26-20/h13-17H,3-12,20H2,1-2H3,(H,21,22). The molecule has 5 unspecified atom stereocenters. The number of carbonyl (C=O) groups excluding carboxylic acids is 2. The lowest BCUT2D eigenvalue weighted by atomic mass is 9.82. The molecular weight excluding hydrogens is 336 g/mol. The van der Waals surface area contributed by atoms with Crippen molar-refractivity contribution < 1.29 is 23.9 Å². The highest BCUT2D eigenvalue weighted by Gasteiger charge is 2.34. The van der Waals surface area contributed by atoms with Gasteiger partial charge in [0.05, 0.1) is 18.1 Å². The largest absolute Gasteiger partial charge is 0.379 e. The van der Waals surface area contributed by atoms with E-state index in [1.165, 1.54) is 0 Å². The van der Waals surface area contributed by atoms with Gasteiger partial charge in [-0.2, -0.15) is 5.90 Å². The topological polar surface area (TPSA) is 99.9 Å². The molecular formula is C19H34N2O5. The first-order valence-electron chi connectivity index (χ1n) is 9.93. The minimum Gasteiger partial charge on any atom is -0.379 e. The van der Waals surface area contributed by atoms with E-state index in [1.54, 1.807) is 7.11 Å². The van der Waals surface area contributed by atoms with Crippen LogP contribution in [0.5, 0.6) is 0 Å². The summed E-state index contributed by atoms with van der Waals surface area (Å²) >= 11 is 0. The number of carbonyl (C=O) groups is 2. The number of rotatable bonds is 8. The van der Waals surface area contributed by atoms with E-state index in [0.29, 0.717) is 18.9 Å². The molecule has 2 rings (SSSR count). The van der Waals surface area contributed by atoms with Gasteiger partial charge in [-0.05, 0) is 51.4 Å². The summed E-state index contributed by atoms with van der Waals surface area (Å²) in [6, 6.07) is -0.160. The van der Waals surface area contributed by atoms with Crippen molar-refractivity contribution in [1.82, 2.24) is 5.32 Å². The molecule has 0 spiro atoms. The van der Waals surface area contributed by atoms with Crippen LogP contribution in [0.3, 0.4) is 0 Å². The van der Waals surface area contributed by atoms with E-state index in [0.717, 1.165) is 51.4 Å². The van der Waals surface area contributed by atoms with Gasteiger partial charge in [-0.25, -0.2) is 4.79 Å². The maximum absolute atomic E-state index is 12.4. The average Bonchev–Trinajstić information content (AvgIpc) is 2.67. The minimum absolute atomic E-state index is 0.00706. The van der Waals surface area contributed by atoms with Crippen LogP contribution in [0, 0.1) is 11.8 Å². The molecule has 0 radical (unpaired) electrons. The van der Waals surface area contributed by atoms with E-state index < -0.39 is 5.97 Å². The molecule has 3 N–H and O–H groups in total. The van der Waals surface area contributed by atoms with Crippen LogP contribution in [0.15, 0.2) is 0 Å². The summed E-state index contributed by atoms with van der Waals surface area (Å²) < 4.78 is 11.3. The SMILES string of the molecule is CCOC1CCC(CCC(=O)NC2CCCCC2C(=O)ON)CC1OC. The molecule has 0 heterocycles. The van der Waals surface area contributed by atoms with Gasteiger partial charge < -0.3 is 19.6 Å². The van der Waals surface area contributed by atoms with Crippen molar-refractivity contribution in [3.05, 3.63) is 0 Å². The highest BCUT2D eigenvalue weighted by molar-refractivity contribution is 5.78. The number of hydrogen-bond acceptors (Lipinski definition) is 6. The third-order valence-electron chi connectivity index (χ3n) is 5.83. The second-order valence-electron chi connectivity index (χ2n) is 7.49. The number of nitrogens with two attached hydrogens (primary N) is 1. The van der Waals surface area contributed by atoms with Gasteiger partial charge in [0.2, 0.25) is 5.91 Å². The van der Waals surface area contributed by atoms with Crippen LogP contribution in [0.25, 0.3) is 0 Å². The minimum atomic E-state index is -0.424. The Morgan fingerprint density at radius 3 is 2.58 bits per heavy atom. The Morgan fingerprint density at radius 2 is 1.88 bits per heavy atom. The highest BCUT2D eigenvalue weighted by Crippen LogP contribution is 2.31. The monoisotopic (exact) mass is 370 g/mol. The molecule has 0 saturated heterocycles. The van der Waals surface area contributed by atoms with Crippen LogP contribution >= 0.6 is 0 Å². The summed E-state index contributed by atoms with van der Waals surface area (Å²) in [6.45, 7) is 2.70. The molecule has 5 atom stereocenters. The first-order chi connectivity index (χ1) is 12.6. The van der Waals surface area contributed by atoms with Gasteiger partial charge in [-0.15, -0.1) is 0 Å². The van der Waals surface area contributed by atoms with Gasteiger partial charge in [-0.1, -0.05) is 12.8 Å². The lowest BCUT2D eigenvalue weighted by molar-refractivity contribution is -0.151. The summed E-state index contributed by atoms with van der Waals surface area (Å²) in [5, 5.41) is 3.03. The molecule has 7 nitrogen and oxygen atoms in total. The van der Waals surface area contributed by atoms with Crippen LogP contribution in [0.4, 0.5) is 0 Å². The first kappa shape index (κ1) is 21.1. The fraction of sp³-hybridized carbons (Fsp3) is 0.895. The van der Waals surface area contributed by atoms with E-state index in [4.69, 9.17) is 15.4 Å². The maximum Gasteiger partial charge on any atom is 0.329 e. The second-order valence-corrected chi connectivity index (χ2v) is 7.49. The molecule has 0 aromatic heterocycles. The van der Waals surface area contributed by atoms with Crippen LogP contribution < -0.4 is 11.2 Å². The van der Waals surface area contributed by atoms with Crippen molar-refractivity contribution in [3.63, 3.8) is 0 Å². The molecule has 1 amide bonds. The Hall–Kier alpha value is -1.18. The van der Waals surface area contributed by atoms with Crippen LogP contribution in [0.1, 0.15) is 64.7 Å². The van der Waals surface area contributed by atoms with E-state index in [-0.39, 0.29) is 30.1 Å². The van der Waals surface area contributed by atoms with Crippen molar-refractivity contribution in [1.29, 1.82) is 0 Å². The Bertz CT molecular complexity index is 459. The van der Waals surface area contributed by atoms with Gasteiger partial charge in [-0.3, -0.25) is 4.79 Å². The van der Waals surface area contributed by atoms with Crippen molar-refractivity contribution >= 4 is 11.9 Å². The number of nitrogens with one attached hydrogen (secondary N) is 1. The molecule has 2 saturated carbocycles. The highest BCUT2D eigenvalue weighted by atomic mass is 16.7. The van der Waals surface area contributed by atoms with Crippen LogP contribution in [-0.4, -0.2) is 43.8 Å². The van der Waals surface area contributed by atoms with Crippen LogP contribution in [0.2, 0.25) is 0 Å². The molecule has 7 heteroatoms. The van der Waals surface area contributed by atoms with Crippen molar-refractivity contribution in [2.45, 2.75) is 83.0 Å². The smallest absolute Gasteiger partial charge is 0.329 e. The van der Waals surface area contributed by atoms with E-state index >= 15 is 0 Å². The quantitative estimate of drug-likeness (QED) is 0.635. The molecule has 2 aliphatic rings. The van der Waals surface area contributed by atoms with Gasteiger partial charge in [0.25, 0.3) is 0 Å². The van der Waals surface area contributed by atoms with E-state index in [2.05, 4.69) is 10.2 Å². The van der Waals surface area contributed by atoms with Crippen molar-refractivity contribution in [2.75, 3.05) is 13.7 Å². The fourth-order valence-electron chi connectivity index (χ4n) is 4.39. The zero-order chi connectivity index (χ0) is 18.9. The van der Waals surface area contributed by atoms with E-state index in [1.807, 2.05) is 6.92 Å². The molecule has 150 valence electrons. The number of amides is 1. The predicted molar refractivity (Wildman–Crippen MR) is 97.0 cm³/mol.